The fourth-order valence-electron chi connectivity index (χ4n) is 1.97. The summed E-state index contributed by atoms with van der Waals surface area (Å²) >= 11 is 1.55. The van der Waals surface area contributed by atoms with Crippen LogP contribution in [0.3, 0.4) is 0 Å². The van der Waals surface area contributed by atoms with Gasteiger partial charge in [-0.3, -0.25) is 0 Å². The van der Waals surface area contributed by atoms with Gasteiger partial charge in [-0.05, 0) is 37.1 Å². The Morgan fingerprint density at radius 3 is 2.52 bits per heavy atom. The Balaban J connectivity index is 2.26. The molecule has 21 heavy (non-hydrogen) atoms. The van der Waals surface area contributed by atoms with Gasteiger partial charge in [0.15, 0.2) is 0 Å². The van der Waals surface area contributed by atoms with Gasteiger partial charge in [0.25, 0.3) is 0 Å². The Bertz CT molecular complexity index is 572. The summed E-state index contributed by atoms with van der Waals surface area (Å²) in [6, 6.07) is 6.49. The van der Waals surface area contributed by atoms with E-state index >= 15 is 0 Å². The number of aromatic nitrogens is 2. The fraction of sp³-hybridized carbons (Fsp3) is 0.375. The molecule has 0 saturated heterocycles. The number of hydrogen-bond donors (Lipinski definition) is 1. The molecule has 1 heterocycles. The summed E-state index contributed by atoms with van der Waals surface area (Å²) in [7, 11) is 0. The molecule has 0 fully saturated rings. The SMILES string of the molecule is CCCNc1ncnc(Sc2ccc(F)cc2)c1CCC. The molecule has 0 amide bonds. The van der Waals surface area contributed by atoms with Crippen molar-refractivity contribution in [2.24, 2.45) is 0 Å². The lowest BCUT2D eigenvalue weighted by molar-refractivity contribution is 0.626. The molecule has 0 spiro atoms. The van der Waals surface area contributed by atoms with Crippen LogP contribution in [-0.2, 0) is 6.42 Å². The second kappa shape index (κ2) is 7.98. The second-order valence-corrected chi connectivity index (χ2v) is 5.80. The van der Waals surface area contributed by atoms with Crippen molar-refractivity contribution in [2.45, 2.75) is 43.0 Å². The number of nitrogens with one attached hydrogen (secondary N) is 1. The number of halogens is 1. The van der Waals surface area contributed by atoms with Gasteiger partial charge < -0.3 is 5.32 Å². The summed E-state index contributed by atoms with van der Waals surface area (Å²) in [5.41, 5.74) is 1.14. The minimum Gasteiger partial charge on any atom is -0.370 e. The lowest BCUT2D eigenvalue weighted by Gasteiger charge is -2.13. The van der Waals surface area contributed by atoms with Crippen LogP contribution in [0, 0.1) is 5.82 Å². The van der Waals surface area contributed by atoms with Gasteiger partial charge in [0.1, 0.15) is 23.0 Å². The number of anilines is 1. The molecule has 0 saturated carbocycles. The smallest absolute Gasteiger partial charge is 0.133 e. The van der Waals surface area contributed by atoms with Crippen molar-refractivity contribution in [3.63, 3.8) is 0 Å². The number of hydrogen-bond acceptors (Lipinski definition) is 4. The van der Waals surface area contributed by atoms with Crippen molar-refractivity contribution in [2.75, 3.05) is 11.9 Å². The van der Waals surface area contributed by atoms with Crippen molar-refractivity contribution in [3.05, 3.63) is 42.0 Å². The molecule has 112 valence electrons. The summed E-state index contributed by atoms with van der Waals surface area (Å²) in [5.74, 6) is 0.694. The van der Waals surface area contributed by atoms with E-state index in [0.717, 1.165) is 47.1 Å². The zero-order chi connectivity index (χ0) is 15.1. The molecule has 0 bridgehead atoms. The summed E-state index contributed by atoms with van der Waals surface area (Å²) in [5, 5.41) is 4.30. The molecule has 0 aliphatic carbocycles. The van der Waals surface area contributed by atoms with E-state index in [1.54, 1.807) is 30.2 Å². The summed E-state index contributed by atoms with van der Waals surface area (Å²) in [4.78, 5) is 9.74. The molecule has 0 aliphatic heterocycles. The molecule has 0 unspecified atom stereocenters. The third kappa shape index (κ3) is 4.43. The Kier molecular flexibility index (Phi) is 5.99. The lowest BCUT2D eigenvalue weighted by Crippen LogP contribution is -2.07. The first-order chi connectivity index (χ1) is 10.2. The first kappa shape index (κ1) is 15.8. The average molecular weight is 305 g/mol. The van der Waals surface area contributed by atoms with Gasteiger partial charge in [-0.25, -0.2) is 14.4 Å². The van der Waals surface area contributed by atoms with E-state index in [1.165, 1.54) is 12.1 Å². The molecule has 1 aromatic carbocycles. The molecule has 2 aromatic rings. The predicted molar refractivity (Wildman–Crippen MR) is 85.3 cm³/mol. The minimum absolute atomic E-state index is 0.221. The third-order valence-corrected chi connectivity index (χ3v) is 4.03. The van der Waals surface area contributed by atoms with Crippen molar-refractivity contribution in [1.82, 2.24) is 9.97 Å². The molecule has 3 nitrogen and oxygen atoms in total. The Morgan fingerprint density at radius 2 is 1.86 bits per heavy atom. The Labute approximate surface area is 129 Å². The zero-order valence-corrected chi connectivity index (χ0v) is 13.2. The highest BCUT2D eigenvalue weighted by molar-refractivity contribution is 7.99. The maximum absolute atomic E-state index is 13.0. The van der Waals surface area contributed by atoms with Gasteiger partial charge in [0, 0.05) is 17.0 Å². The molecular formula is C16H20FN3S. The maximum atomic E-state index is 13.0. The van der Waals surface area contributed by atoms with Crippen LogP contribution >= 0.6 is 11.8 Å². The van der Waals surface area contributed by atoms with Crippen LogP contribution < -0.4 is 5.32 Å². The number of benzene rings is 1. The van der Waals surface area contributed by atoms with E-state index in [0.29, 0.717) is 0 Å². The van der Waals surface area contributed by atoms with Crippen molar-refractivity contribution < 1.29 is 4.39 Å². The van der Waals surface area contributed by atoms with Crippen LogP contribution in [0.25, 0.3) is 0 Å². The van der Waals surface area contributed by atoms with Gasteiger partial charge in [-0.15, -0.1) is 0 Å². The lowest BCUT2D eigenvalue weighted by atomic mass is 10.2. The van der Waals surface area contributed by atoms with E-state index in [9.17, 15) is 4.39 Å². The third-order valence-electron chi connectivity index (χ3n) is 2.98. The van der Waals surface area contributed by atoms with Gasteiger partial charge >= 0.3 is 0 Å². The molecule has 1 N–H and O–H groups in total. The molecule has 2 rings (SSSR count). The van der Waals surface area contributed by atoms with Crippen LogP contribution in [-0.4, -0.2) is 16.5 Å². The summed E-state index contributed by atoms with van der Waals surface area (Å²) in [6.07, 6.45) is 4.60. The van der Waals surface area contributed by atoms with Gasteiger partial charge in [-0.1, -0.05) is 32.0 Å². The van der Waals surface area contributed by atoms with Crippen molar-refractivity contribution >= 4 is 17.6 Å². The second-order valence-electron chi connectivity index (χ2n) is 4.74. The van der Waals surface area contributed by atoms with Crippen molar-refractivity contribution in [1.29, 1.82) is 0 Å². The number of rotatable bonds is 7. The van der Waals surface area contributed by atoms with Crippen molar-refractivity contribution in [3.8, 4) is 0 Å². The van der Waals surface area contributed by atoms with E-state index < -0.39 is 0 Å². The normalized spacial score (nSPS) is 10.6. The highest BCUT2D eigenvalue weighted by atomic mass is 32.2. The molecule has 0 radical (unpaired) electrons. The first-order valence-electron chi connectivity index (χ1n) is 7.25. The minimum atomic E-state index is -0.221. The first-order valence-corrected chi connectivity index (χ1v) is 8.07. The fourth-order valence-corrected chi connectivity index (χ4v) is 2.89. The van der Waals surface area contributed by atoms with E-state index in [1.807, 2.05) is 0 Å². The monoisotopic (exact) mass is 305 g/mol. The van der Waals surface area contributed by atoms with Crippen LogP contribution in [0.15, 0.2) is 40.5 Å². The molecule has 0 aliphatic rings. The highest BCUT2D eigenvalue weighted by Gasteiger charge is 2.11. The van der Waals surface area contributed by atoms with E-state index in [2.05, 4.69) is 29.1 Å². The number of nitrogens with zero attached hydrogens (tertiary/aromatic N) is 2. The molecule has 5 heteroatoms. The van der Waals surface area contributed by atoms with Crippen LogP contribution in [0.5, 0.6) is 0 Å². The molecule has 1 aromatic heterocycles. The van der Waals surface area contributed by atoms with E-state index in [4.69, 9.17) is 0 Å². The van der Waals surface area contributed by atoms with Crippen LogP contribution in [0.4, 0.5) is 10.2 Å². The Hall–Kier alpha value is -1.62. The predicted octanol–water partition coefficient (Wildman–Crippen LogP) is 4.54. The van der Waals surface area contributed by atoms with Gasteiger partial charge in [0.05, 0.1) is 0 Å². The topological polar surface area (TPSA) is 37.8 Å². The van der Waals surface area contributed by atoms with E-state index in [-0.39, 0.29) is 5.82 Å². The Morgan fingerprint density at radius 1 is 1.10 bits per heavy atom. The van der Waals surface area contributed by atoms with Gasteiger partial charge in [-0.2, -0.15) is 0 Å². The average Bonchev–Trinajstić information content (AvgIpc) is 2.50. The molecular weight excluding hydrogens is 285 g/mol. The zero-order valence-electron chi connectivity index (χ0n) is 12.4. The van der Waals surface area contributed by atoms with Crippen LogP contribution in [0.1, 0.15) is 32.3 Å². The largest absolute Gasteiger partial charge is 0.370 e. The van der Waals surface area contributed by atoms with Crippen LogP contribution in [0.2, 0.25) is 0 Å². The standard InChI is InChI=1S/C16H20FN3S/c1-3-5-14-15(18-10-4-2)19-11-20-16(14)21-13-8-6-12(17)7-9-13/h6-9,11H,3-5,10H2,1-2H3,(H,18,19,20). The molecule has 0 atom stereocenters. The summed E-state index contributed by atoms with van der Waals surface area (Å²) < 4.78 is 13.0. The van der Waals surface area contributed by atoms with Gasteiger partial charge in [0.2, 0.25) is 0 Å². The maximum Gasteiger partial charge on any atom is 0.133 e. The highest BCUT2D eigenvalue weighted by Crippen LogP contribution is 2.32. The quantitative estimate of drug-likeness (QED) is 0.762. The summed E-state index contributed by atoms with van der Waals surface area (Å²) in [6.45, 7) is 5.17.